The molecule has 2 N–H and O–H groups in total. The molecular formula is C13H15N3O2. The van der Waals surface area contributed by atoms with Gasteiger partial charge in [0.15, 0.2) is 5.82 Å². The van der Waals surface area contributed by atoms with Crippen LogP contribution in [0.15, 0.2) is 42.6 Å². The van der Waals surface area contributed by atoms with E-state index in [1.807, 2.05) is 30.3 Å². The van der Waals surface area contributed by atoms with Gasteiger partial charge in [-0.1, -0.05) is 18.2 Å². The highest BCUT2D eigenvalue weighted by molar-refractivity contribution is 5.32. The molecule has 5 heteroatoms. The van der Waals surface area contributed by atoms with E-state index in [1.165, 1.54) is 0 Å². The number of aliphatic hydroxyl groups excluding tert-OH is 1. The van der Waals surface area contributed by atoms with Gasteiger partial charge in [-0.05, 0) is 18.2 Å². The van der Waals surface area contributed by atoms with Crippen molar-refractivity contribution in [2.75, 3.05) is 18.5 Å². The maximum absolute atomic E-state index is 8.90. The summed E-state index contributed by atoms with van der Waals surface area (Å²) in [5.74, 6) is 1.94. The number of nitrogens with zero attached hydrogens (tertiary/aromatic N) is 2. The molecule has 0 amide bonds. The van der Waals surface area contributed by atoms with Crippen molar-refractivity contribution in [3.05, 3.63) is 48.4 Å². The minimum absolute atomic E-state index is 0.157. The minimum Gasteiger partial charge on any atom is -0.492 e. The number of aromatic nitrogens is 2. The van der Waals surface area contributed by atoms with Gasteiger partial charge in [0.2, 0.25) is 0 Å². The Morgan fingerprint density at radius 2 is 2.00 bits per heavy atom. The van der Waals surface area contributed by atoms with E-state index in [4.69, 9.17) is 9.84 Å². The molecule has 0 saturated carbocycles. The lowest BCUT2D eigenvalue weighted by atomic mass is 10.3. The first-order chi connectivity index (χ1) is 8.88. The third-order valence-corrected chi connectivity index (χ3v) is 2.27. The molecule has 0 fully saturated rings. The van der Waals surface area contributed by atoms with E-state index >= 15 is 0 Å². The normalized spacial score (nSPS) is 10.1. The maximum Gasteiger partial charge on any atom is 0.156 e. The van der Waals surface area contributed by atoms with Crippen molar-refractivity contribution in [3.63, 3.8) is 0 Å². The van der Waals surface area contributed by atoms with E-state index in [1.54, 1.807) is 12.3 Å². The van der Waals surface area contributed by atoms with Gasteiger partial charge < -0.3 is 15.2 Å². The Labute approximate surface area is 105 Å². The van der Waals surface area contributed by atoms with E-state index in [2.05, 4.69) is 15.3 Å². The molecule has 18 heavy (non-hydrogen) atoms. The second-order valence-electron chi connectivity index (χ2n) is 3.60. The maximum atomic E-state index is 8.90. The molecule has 0 saturated heterocycles. The molecule has 0 radical (unpaired) electrons. The highest BCUT2D eigenvalue weighted by Crippen LogP contribution is 2.08. The number of hydrogen-bond donors (Lipinski definition) is 2. The quantitative estimate of drug-likeness (QED) is 0.754. The molecular weight excluding hydrogens is 230 g/mol. The van der Waals surface area contributed by atoms with Gasteiger partial charge in [-0.15, -0.1) is 0 Å². The predicted molar refractivity (Wildman–Crippen MR) is 68.4 cm³/mol. The molecule has 5 nitrogen and oxygen atoms in total. The number of ether oxygens (including phenoxy) is 1. The lowest BCUT2D eigenvalue weighted by Gasteiger charge is -2.08. The van der Waals surface area contributed by atoms with Crippen molar-refractivity contribution >= 4 is 5.82 Å². The Balaban J connectivity index is 1.75. The number of nitrogens with one attached hydrogen (secondary N) is 1. The average molecular weight is 245 g/mol. The molecule has 1 heterocycles. The number of rotatable bonds is 6. The van der Waals surface area contributed by atoms with Crippen molar-refractivity contribution in [1.29, 1.82) is 0 Å². The summed E-state index contributed by atoms with van der Waals surface area (Å²) in [5.41, 5.74) is 0. The molecule has 1 aromatic heterocycles. The lowest BCUT2D eigenvalue weighted by molar-refractivity contribution is 0.271. The monoisotopic (exact) mass is 245 g/mol. The Morgan fingerprint density at radius 1 is 1.17 bits per heavy atom. The first kappa shape index (κ1) is 12.3. The molecule has 2 aromatic rings. The van der Waals surface area contributed by atoms with Crippen LogP contribution in [0.25, 0.3) is 0 Å². The third kappa shape index (κ3) is 3.71. The van der Waals surface area contributed by atoms with Crippen molar-refractivity contribution < 1.29 is 9.84 Å². The minimum atomic E-state index is -0.157. The highest BCUT2D eigenvalue weighted by Gasteiger charge is 1.97. The van der Waals surface area contributed by atoms with Crippen molar-refractivity contribution in [2.24, 2.45) is 0 Å². The summed E-state index contributed by atoms with van der Waals surface area (Å²) in [5, 5.41) is 12.0. The number of aliphatic hydroxyl groups is 1. The smallest absolute Gasteiger partial charge is 0.156 e. The standard InChI is InChI=1S/C13H15N3O2/c17-10-13-14-7-6-12(16-13)15-8-9-18-11-4-2-1-3-5-11/h1-7,17H,8-10H2,(H,14,15,16). The predicted octanol–water partition coefficient (Wildman–Crippen LogP) is 1.46. The van der Waals surface area contributed by atoms with Gasteiger partial charge in [0.25, 0.3) is 0 Å². The summed E-state index contributed by atoms with van der Waals surface area (Å²) in [7, 11) is 0. The fourth-order valence-corrected chi connectivity index (χ4v) is 1.44. The Hall–Kier alpha value is -2.14. The van der Waals surface area contributed by atoms with E-state index in [0.29, 0.717) is 24.8 Å². The average Bonchev–Trinajstić information content (AvgIpc) is 2.45. The third-order valence-electron chi connectivity index (χ3n) is 2.27. The van der Waals surface area contributed by atoms with E-state index in [-0.39, 0.29) is 6.61 Å². The van der Waals surface area contributed by atoms with Crippen LogP contribution < -0.4 is 10.1 Å². The summed E-state index contributed by atoms with van der Waals surface area (Å²) >= 11 is 0. The molecule has 0 unspecified atom stereocenters. The van der Waals surface area contributed by atoms with Crippen molar-refractivity contribution in [1.82, 2.24) is 9.97 Å². The van der Waals surface area contributed by atoms with Gasteiger partial charge in [-0.25, -0.2) is 9.97 Å². The molecule has 0 bridgehead atoms. The Morgan fingerprint density at radius 3 is 2.78 bits per heavy atom. The second-order valence-corrected chi connectivity index (χ2v) is 3.60. The molecule has 0 spiro atoms. The Kier molecular flexibility index (Phi) is 4.49. The molecule has 0 aliphatic carbocycles. The van der Waals surface area contributed by atoms with Crippen LogP contribution in [0.2, 0.25) is 0 Å². The lowest BCUT2D eigenvalue weighted by Crippen LogP contribution is -2.13. The number of benzene rings is 1. The zero-order valence-corrected chi connectivity index (χ0v) is 9.91. The van der Waals surface area contributed by atoms with Gasteiger partial charge in [0, 0.05) is 6.20 Å². The zero-order chi connectivity index (χ0) is 12.6. The van der Waals surface area contributed by atoms with Crippen LogP contribution in [0, 0.1) is 0 Å². The van der Waals surface area contributed by atoms with E-state index in [9.17, 15) is 0 Å². The number of para-hydroxylation sites is 1. The van der Waals surface area contributed by atoms with Gasteiger partial charge in [-0.2, -0.15) is 0 Å². The summed E-state index contributed by atoms with van der Waals surface area (Å²) in [6.45, 7) is 1.02. The fraction of sp³-hybridized carbons (Fsp3) is 0.231. The van der Waals surface area contributed by atoms with Gasteiger partial charge in [-0.3, -0.25) is 0 Å². The van der Waals surface area contributed by atoms with Gasteiger partial charge >= 0.3 is 0 Å². The number of anilines is 1. The molecule has 0 aliphatic rings. The molecule has 2 rings (SSSR count). The van der Waals surface area contributed by atoms with Crippen LogP contribution >= 0.6 is 0 Å². The highest BCUT2D eigenvalue weighted by atomic mass is 16.5. The summed E-state index contributed by atoms with van der Waals surface area (Å²) in [6, 6.07) is 11.4. The fourth-order valence-electron chi connectivity index (χ4n) is 1.44. The zero-order valence-electron chi connectivity index (χ0n) is 9.91. The Bertz CT molecular complexity index is 477. The summed E-state index contributed by atoms with van der Waals surface area (Å²) < 4.78 is 5.53. The second kappa shape index (κ2) is 6.56. The molecule has 0 aliphatic heterocycles. The van der Waals surface area contributed by atoms with Crippen LogP contribution in [0.4, 0.5) is 5.82 Å². The van der Waals surface area contributed by atoms with Crippen molar-refractivity contribution in [2.45, 2.75) is 6.61 Å². The van der Waals surface area contributed by atoms with Crippen LogP contribution in [-0.4, -0.2) is 28.2 Å². The topological polar surface area (TPSA) is 67.3 Å². The molecule has 0 atom stereocenters. The largest absolute Gasteiger partial charge is 0.492 e. The van der Waals surface area contributed by atoms with Crippen LogP contribution in [0.5, 0.6) is 5.75 Å². The SMILES string of the molecule is OCc1nccc(NCCOc2ccccc2)n1. The first-order valence-electron chi connectivity index (χ1n) is 5.73. The molecule has 94 valence electrons. The van der Waals surface area contributed by atoms with E-state index < -0.39 is 0 Å². The molecule has 1 aromatic carbocycles. The first-order valence-corrected chi connectivity index (χ1v) is 5.73. The van der Waals surface area contributed by atoms with Crippen molar-refractivity contribution in [3.8, 4) is 5.75 Å². The number of hydrogen-bond acceptors (Lipinski definition) is 5. The van der Waals surface area contributed by atoms with Crippen LogP contribution in [0.1, 0.15) is 5.82 Å². The van der Waals surface area contributed by atoms with Gasteiger partial charge in [0.1, 0.15) is 24.8 Å². The van der Waals surface area contributed by atoms with Gasteiger partial charge in [0.05, 0.1) is 6.54 Å². The summed E-state index contributed by atoms with van der Waals surface area (Å²) in [6.07, 6.45) is 1.61. The van der Waals surface area contributed by atoms with Crippen LogP contribution in [0.3, 0.4) is 0 Å². The van der Waals surface area contributed by atoms with E-state index in [0.717, 1.165) is 5.75 Å². The summed E-state index contributed by atoms with van der Waals surface area (Å²) in [4.78, 5) is 8.01. The van der Waals surface area contributed by atoms with Crippen LogP contribution in [-0.2, 0) is 6.61 Å².